The van der Waals surface area contributed by atoms with Gasteiger partial charge in [-0.1, -0.05) is 30.3 Å². The molecule has 0 bridgehead atoms. The summed E-state index contributed by atoms with van der Waals surface area (Å²) in [6.07, 6.45) is 0. The van der Waals surface area contributed by atoms with Crippen molar-refractivity contribution in [2.75, 3.05) is 0 Å². The first-order chi connectivity index (χ1) is 8.68. The van der Waals surface area contributed by atoms with Gasteiger partial charge in [-0.3, -0.25) is 0 Å². The maximum Gasteiger partial charge on any atom is 1.00 e. The van der Waals surface area contributed by atoms with Gasteiger partial charge >= 0.3 is 35.5 Å². The van der Waals surface area contributed by atoms with Crippen LogP contribution in [0.3, 0.4) is 0 Å². The number of para-hydroxylation sites is 1. The Bertz CT molecular complexity index is 581. The first-order valence-electron chi connectivity index (χ1n) is 5.26. The first kappa shape index (κ1) is 15.4. The van der Waals surface area contributed by atoms with Crippen LogP contribution in [0.5, 0.6) is 5.75 Å². The zero-order valence-electron chi connectivity index (χ0n) is 10.3. The number of aromatic carboxylic acids is 1. The van der Waals surface area contributed by atoms with E-state index in [1.54, 1.807) is 36.4 Å². The molecular formula is C14H9NaO4. The van der Waals surface area contributed by atoms with Crippen molar-refractivity contribution in [2.24, 2.45) is 0 Å². The Kier molecular flexibility index (Phi) is 5.76. The van der Waals surface area contributed by atoms with Crippen molar-refractivity contribution in [2.45, 2.75) is 0 Å². The summed E-state index contributed by atoms with van der Waals surface area (Å²) in [4.78, 5) is 22.6. The van der Waals surface area contributed by atoms with Gasteiger partial charge < -0.3 is 14.6 Å². The van der Waals surface area contributed by atoms with E-state index in [4.69, 9.17) is 4.74 Å². The van der Waals surface area contributed by atoms with Gasteiger partial charge in [0.2, 0.25) is 0 Å². The summed E-state index contributed by atoms with van der Waals surface area (Å²) in [7, 11) is 0. The van der Waals surface area contributed by atoms with E-state index in [0.29, 0.717) is 5.56 Å². The van der Waals surface area contributed by atoms with Crippen LogP contribution in [0.15, 0.2) is 54.6 Å². The number of carboxylic acid groups (broad SMARTS) is 1. The fraction of sp³-hybridized carbons (Fsp3) is 0. The third kappa shape index (κ3) is 3.92. The molecule has 0 fully saturated rings. The molecule has 0 aromatic heterocycles. The van der Waals surface area contributed by atoms with E-state index in [-0.39, 0.29) is 40.9 Å². The summed E-state index contributed by atoms with van der Waals surface area (Å²) in [5.74, 6) is -2.01. The Morgan fingerprint density at radius 2 is 1.47 bits per heavy atom. The van der Waals surface area contributed by atoms with E-state index in [1.807, 2.05) is 0 Å². The molecule has 0 aliphatic rings. The van der Waals surface area contributed by atoms with Crippen LogP contribution in [0, 0.1) is 0 Å². The van der Waals surface area contributed by atoms with E-state index in [1.165, 1.54) is 18.2 Å². The fourth-order valence-electron chi connectivity index (χ4n) is 1.46. The number of carbonyl (C=O) groups excluding carboxylic acids is 2. The Labute approximate surface area is 132 Å². The number of benzene rings is 2. The maximum absolute atomic E-state index is 11.8. The van der Waals surface area contributed by atoms with Crippen molar-refractivity contribution in [1.82, 2.24) is 0 Å². The normalized spacial score (nSPS) is 9.26. The molecule has 0 radical (unpaired) electrons. The van der Waals surface area contributed by atoms with Crippen molar-refractivity contribution < 1.29 is 49.0 Å². The van der Waals surface area contributed by atoms with Gasteiger partial charge in [0, 0.05) is 5.56 Å². The minimum atomic E-state index is -1.38. The number of carbonyl (C=O) groups is 2. The first-order valence-corrected chi connectivity index (χ1v) is 5.26. The molecule has 0 aliphatic carbocycles. The summed E-state index contributed by atoms with van der Waals surface area (Å²) < 4.78 is 5.03. The summed E-state index contributed by atoms with van der Waals surface area (Å²) in [5, 5.41) is 10.8. The molecule has 0 amide bonds. The molecule has 90 valence electrons. The molecular weight excluding hydrogens is 255 g/mol. The van der Waals surface area contributed by atoms with Crippen LogP contribution in [0.1, 0.15) is 20.7 Å². The number of ether oxygens (including phenoxy) is 1. The van der Waals surface area contributed by atoms with E-state index < -0.39 is 11.9 Å². The molecule has 0 spiro atoms. The smallest absolute Gasteiger partial charge is 0.545 e. The van der Waals surface area contributed by atoms with Crippen LogP contribution in [-0.4, -0.2) is 11.9 Å². The Morgan fingerprint density at radius 3 is 2.11 bits per heavy atom. The number of hydrogen-bond acceptors (Lipinski definition) is 4. The molecule has 5 heteroatoms. The molecule has 2 aromatic rings. The van der Waals surface area contributed by atoms with E-state index in [2.05, 4.69) is 0 Å². The number of esters is 1. The van der Waals surface area contributed by atoms with Gasteiger partial charge in [0.25, 0.3) is 0 Å². The molecule has 0 heterocycles. The monoisotopic (exact) mass is 264 g/mol. The average Bonchev–Trinajstić information content (AvgIpc) is 2.40. The predicted molar refractivity (Wildman–Crippen MR) is 62.2 cm³/mol. The van der Waals surface area contributed by atoms with Crippen LogP contribution in [0.25, 0.3) is 0 Å². The second kappa shape index (κ2) is 7.09. The Hall–Kier alpha value is -1.62. The minimum absolute atomic E-state index is 0. The van der Waals surface area contributed by atoms with E-state index >= 15 is 0 Å². The van der Waals surface area contributed by atoms with Crippen LogP contribution in [0.4, 0.5) is 0 Å². The van der Waals surface area contributed by atoms with Crippen LogP contribution < -0.4 is 39.4 Å². The van der Waals surface area contributed by atoms with Gasteiger partial charge in [-0.15, -0.1) is 0 Å². The molecule has 0 saturated carbocycles. The number of rotatable bonds is 3. The average molecular weight is 264 g/mol. The summed E-state index contributed by atoms with van der Waals surface area (Å²) in [6, 6.07) is 14.2. The summed E-state index contributed by atoms with van der Waals surface area (Å²) in [5.41, 5.74) is 0.201. The summed E-state index contributed by atoms with van der Waals surface area (Å²) in [6.45, 7) is 0. The van der Waals surface area contributed by atoms with Gasteiger partial charge in [-0.2, -0.15) is 0 Å². The zero-order valence-corrected chi connectivity index (χ0v) is 12.3. The van der Waals surface area contributed by atoms with Crippen LogP contribution >= 0.6 is 0 Å². The van der Waals surface area contributed by atoms with Crippen molar-refractivity contribution in [3.63, 3.8) is 0 Å². The maximum atomic E-state index is 11.8. The van der Waals surface area contributed by atoms with Crippen LogP contribution in [-0.2, 0) is 0 Å². The molecule has 19 heavy (non-hydrogen) atoms. The van der Waals surface area contributed by atoms with Crippen molar-refractivity contribution in [1.29, 1.82) is 0 Å². The van der Waals surface area contributed by atoms with Crippen molar-refractivity contribution in [3.05, 3.63) is 65.7 Å². The molecule has 2 aromatic carbocycles. The van der Waals surface area contributed by atoms with Gasteiger partial charge in [0.15, 0.2) is 0 Å². The quantitative estimate of drug-likeness (QED) is 0.375. The van der Waals surface area contributed by atoms with Gasteiger partial charge in [-0.25, -0.2) is 4.79 Å². The molecule has 0 atom stereocenters. The van der Waals surface area contributed by atoms with Gasteiger partial charge in [0.05, 0.1) is 11.5 Å². The third-order valence-corrected chi connectivity index (χ3v) is 2.32. The van der Waals surface area contributed by atoms with Gasteiger partial charge in [-0.05, 0) is 24.3 Å². The third-order valence-electron chi connectivity index (χ3n) is 2.32. The van der Waals surface area contributed by atoms with Crippen molar-refractivity contribution in [3.8, 4) is 5.75 Å². The summed E-state index contributed by atoms with van der Waals surface area (Å²) >= 11 is 0. The number of carboxylic acids is 1. The Balaban J connectivity index is 0.00000180. The molecule has 2 rings (SSSR count). The number of hydrogen-bond donors (Lipinski definition) is 0. The molecule has 4 nitrogen and oxygen atoms in total. The van der Waals surface area contributed by atoms with E-state index in [0.717, 1.165) is 0 Å². The zero-order chi connectivity index (χ0) is 13.0. The fourth-order valence-corrected chi connectivity index (χ4v) is 1.46. The molecule has 0 aliphatic heterocycles. The second-order valence-corrected chi connectivity index (χ2v) is 3.54. The molecule has 0 N–H and O–H groups in total. The SMILES string of the molecule is O=C(Oc1ccccc1C(=O)[O-])c1ccccc1.[Na+]. The second-order valence-electron chi connectivity index (χ2n) is 3.54. The predicted octanol–water partition coefficient (Wildman–Crippen LogP) is -1.73. The van der Waals surface area contributed by atoms with Gasteiger partial charge in [0.1, 0.15) is 5.75 Å². The van der Waals surface area contributed by atoms with Crippen LogP contribution in [0.2, 0.25) is 0 Å². The van der Waals surface area contributed by atoms with E-state index in [9.17, 15) is 14.7 Å². The topological polar surface area (TPSA) is 66.4 Å². The molecule has 0 saturated heterocycles. The standard InChI is InChI=1S/C14H10O4.Na/c15-13(16)11-8-4-5-9-12(11)18-14(17)10-6-2-1-3-7-10;/h1-9H,(H,15,16);/q;+1/p-1. The minimum Gasteiger partial charge on any atom is -0.545 e. The molecule has 0 unspecified atom stereocenters. The van der Waals surface area contributed by atoms with Crippen molar-refractivity contribution >= 4 is 11.9 Å². The Morgan fingerprint density at radius 1 is 0.895 bits per heavy atom. The largest absolute Gasteiger partial charge is 1.00 e.